The van der Waals surface area contributed by atoms with E-state index in [0.717, 1.165) is 12.3 Å². The molecule has 4 heteroatoms. The fraction of sp³-hybridized carbons (Fsp3) is 0.524. The minimum atomic E-state index is 0. The van der Waals surface area contributed by atoms with Crippen molar-refractivity contribution in [3.63, 3.8) is 0 Å². The Balaban J connectivity index is 0.00000225. The molecular weight excluding hydrogens is 441 g/mol. The number of methoxy groups -OCH3 is 1. The zero-order valence-corrected chi connectivity index (χ0v) is 19.5. The molecule has 0 radical (unpaired) electrons. The number of halogens is 1. The second-order valence-electron chi connectivity index (χ2n) is 7.71. The largest absolute Gasteiger partial charge is 0.496 e. The van der Waals surface area contributed by atoms with Gasteiger partial charge in [0, 0.05) is 11.4 Å². The fourth-order valence-corrected chi connectivity index (χ4v) is 5.43. The third-order valence-electron chi connectivity index (χ3n) is 5.36. The Labute approximate surface area is 174 Å². The maximum atomic E-state index is 5.59. The van der Waals surface area contributed by atoms with Gasteiger partial charge in [0.25, 0.3) is 0 Å². The van der Waals surface area contributed by atoms with E-state index < -0.39 is 0 Å². The Morgan fingerprint density at radius 3 is 2.52 bits per heavy atom. The molecule has 1 heterocycles. The highest BCUT2D eigenvalue weighted by Gasteiger charge is 2.33. The summed E-state index contributed by atoms with van der Waals surface area (Å²) in [5.74, 6) is 1.58. The molecule has 1 aromatic carbocycles. The van der Waals surface area contributed by atoms with Crippen LogP contribution in [0.4, 0.5) is 5.69 Å². The summed E-state index contributed by atoms with van der Waals surface area (Å²) in [6, 6.07) is 2.21. The first-order chi connectivity index (χ1) is 11.3. The molecule has 2 aliphatic rings. The van der Waals surface area contributed by atoms with Gasteiger partial charge in [-0.2, -0.15) is 0 Å². The molecule has 1 unspecified atom stereocenters. The Morgan fingerprint density at radius 2 is 1.96 bits per heavy atom. The van der Waals surface area contributed by atoms with Crippen molar-refractivity contribution >= 4 is 41.4 Å². The lowest BCUT2D eigenvalue weighted by molar-refractivity contribution is 0.366. The molecule has 2 nitrogen and oxygen atoms in total. The van der Waals surface area contributed by atoms with Crippen LogP contribution in [-0.2, 0) is 0 Å². The van der Waals surface area contributed by atoms with Crippen LogP contribution in [0.25, 0.3) is 0 Å². The number of ether oxygens (including phenoxy) is 1. The third-order valence-corrected chi connectivity index (χ3v) is 6.55. The van der Waals surface area contributed by atoms with Crippen LogP contribution in [0.5, 0.6) is 5.75 Å². The van der Waals surface area contributed by atoms with Gasteiger partial charge in [-0.15, -0.1) is 24.0 Å². The second-order valence-corrected chi connectivity index (χ2v) is 8.74. The molecule has 1 aromatic rings. The van der Waals surface area contributed by atoms with Crippen molar-refractivity contribution in [3.05, 3.63) is 39.9 Å². The van der Waals surface area contributed by atoms with Crippen LogP contribution in [0.2, 0.25) is 0 Å². The van der Waals surface area contributed by atoms with E-state index >= 15 is 0 Å². The second kappa shape index (κ2) is 7.55. The Kier molecular flexibility index (Phi) is 6.25. The predicted octanol–water partition coefficient (Wildman–Crippen LogP) is 6.70. The molecule has 0 bridgehead atoms. The van der Waals surface area contributed by atoms with Gasteiger partial charge >= 0.3 is 0 Å². The maximum Gasteiger partial charge on any atom is 0.123 e. The summed E-state index contributed by atoms with van der Waals surface area (Å²) in [4.78, 5) is 3.82. The number of nitrogens with zero attached hydrogens (tertiary/aromatic N) is 1. The summed E-state index contributed by atoms with van der Waals surface area (Å²) in [5.41, 5.74) is 5.73. The number of rotatable bonds is 2. The van der Waals surface area contributed by atoms with Crippen molar-refractivity contribution in [1.29, 1.82) is 0 Å². The van der Waals surface area contributed by atoms with Gasteiger partial charge in [0.1, 0.15) is 5.75 Å². The summed E-state index contributed by atoms with van der Waals surface area (Å²) in [7, 11) is 1.76. The van der Waals surface area contributed by atoms with E-state index in [-0.39, 0.29) is 24.0 Å². The standard InChI is InChI=1S/C21H29NOS.HI/c1-8-22-19-15(4)14(3)17(23-7)11-18(19)24-20(22)16-9-10-21(5,6)12-13(16)2;/h9-11,13H,8,12H2,1-7H3;1H. The Morgan fingerprint density at radius 1 is 1.28 bits per heavy atom. The maximum absolute atomic E-state index is 5.59. The van der Waals surface area contributed by atoms with Gasteiger partial charge in [-0.3, -0.25) is 0 Å². The first kappa shape index (κ1) is 20.7. The van der Waals surface area contributed by atoms with Crippen LogP contribution in [-0.4, -0.2) is 13.7 Å². The first-order valence-corrected chi connectivity index (χ1v) is 9.67. The molecule has 0 N–H and O–H groups in total. The molecule has 0 saturated carbocycles. The van der Waals surface area contributed by atoms with E-state index in [0.29, 0.717) is 11.3 Å². The molecule has 0 saturated heterocycles. The van der Waals surface area contributed by atoms with Crippen molar-refractivity contribution in [2.45, 2.75) is 52.9 Å². The van der Waals surface area contributed by atoms with Gasteiger partial charge in [0.15, 0.2) is 0 Å². The van der Waals surface area contributed by atoms with Crippen LogP contribution >= 0.6 is 35.7 Å². The van der Waals surface area contributed by atoms with Crippen molar-refractivity contribution in [3.8, 4) is 5.75 Å². The highest BCUT2D eigenvalue weighted by molar-refractivity contribution is 14.0. The lowest BCUT2D eigenvalue weighted by atomic mass is 9.75. The van der Waals surface area contributed by atoms with Crippen molar-refractivity contribution in [2.24, 2.45) is 11.3 Å². The van der Waals surface area contributed by atoms with Crippen molar-refractivity contribution < 1.29 is 4.74 Å². The highest BCUT2D eigenvalue weighted by atomic mass is 127. The van der Waals surface area contributed by atoms with Crippen LogP contribution < -0.4 is 9.64 Å². The molecule has 0 spiro atoms. The number of hydrogen-bond acceptors (Lipinski definition) is 3. The monoisotopic (exact) mass is 471 g/mol. The summed E-state index contributed by atoms with van der Waals surface area (Å²) in [6.07, 6.45) is 5.95. The average Bonchev–Trinajstić information content (AvgIpc) is 2.88. The minimum absolute atomic E-state index is 0. The number of anilines is 1. The smallest absolute Gasteiger partial charge is 0.123 e. The zero-order valence-electron chi connectivity index (χ0n) is 16.4. The minimum Gasteiger partial charge on any atom is -0.496 e. The average molecular weight is 471 g/mol. The van der Waals surface area contributed by atoms with Gasteiger partial charge in [0.05, 0.1) is 17.8 Å². The third kappa shape index (κ3) is 3.61. The van der Waals surface area contributed by atoms with Crippen LogP contribution in [0.15, 0.2) is 33.7 Å². The summed E-state index contributed by atoms with van der Waals surface area (Å²) >= 11 is 1.91. The zero-order chi connectivity index (χ0) is 17.6. The number of allylic oxidation sites excluding steroid dienone is 3. The number of thioether (sulfide) groups is 1. The lowest BCUT2D eigenvalue weighted by Crippen LogP contribution is -2.24. The summed E-state index contributed by atoms with van der Waals surface area (Å²) in [5, 5.41) is 1.41. The first-order valence-electron chi connectivity index (χ1n) is 8.86. The molecule has 0 amide bonds. The van der Waals surface area contributed by atoms with E-state index in [1.54, 1.807) is 7.11 Å². The molecule has 25 heavy (non-hydrogen) atoms. The molecule has 0 fully saturated rings. The molecule has 1 atom stereocenters. The predicted molar refractivity (Wildman–Crippen MR) is 120 cm³/mol. The number of fused-ring (bicyclic) bond motifs is 1. The van der Waals surface area contributed by atoms with Gasteiger partial charge < -0.3 is 9.64 Å². The number of hydrogen-bond donors (Lipinski definition) is 0. The van der Waals surface area contributed by atoms with Gasteiger partial charge in [-0.05, 0) is 61.3 Å². The van der Waals surface area contributed by atoms with E-state index in [1.807, 2.05) is 11.8 Å². The summed E-state index contributed by atoms with van der Waals surface area (Å²) < 4.78 is 5.59. The van der Waals surface area contributed by atoms with Crippen LogP contribution in [0, 0.1) is 25.2 Å². The summed E-state index contributed by atoms with van der Waals surface area (Å²) in [6.45, 7) is 14.6. The normalized spacial score (nSPS) is 24.1. The SMILES string of the molecule is CCN1C(=C2C=CC(C)(C)CC2C)Sc2cc(OC)c(C)c(C)c21.I. The molecule has 3 rings (SSSR count). The lowest BCUT2D eigenvalue weighted by Gasteiger charge is -2.33. The molecule has 1 aliphatic heterocycles. The van der Waals surface area contributed by atoms with Gasteiger partial charge in [0.2, 0.25) is 0 Å². The molecule has 138 valence electrons. The highest BCUT2D eigenvalue weighted by Crippen LogP contribution is 2.53. The topological polar surface area (TPSA) is 12.5 Å². The van der Waals surface area contributed by atoms with Crippen molar-refractivity contribution in [2.75, 3.05) is 18.6 Å². The van der Waals surface area contributed by atoms with Crippen molar-refractivity contribution in [1.82, 2.24) is 0 Å². The van der Waals surface area contributed by atoms with E-state index in [4.69, 9.17) is 4.74 Å². The van der Waals surface area contributed by atoms with E-state index in [9.17, 15) is 0 Å². The van der Waals surface area contributed by atoms with Crippen LogP contribution in [0.3, 0.4) is 0 Å². The van der Waals surface area contributed by atoms with E-state index in [1.165, 1.54) is 38.7 Å². The fourth-order valence-electron chi connectivity index (χ4n) is 3.97. The quantitative estimate of drug-likeness (QED) is 0.446. The van der Waals surface area contributed by atoms with Gasteiger partial charge in [-0.25, -0.2) is 0 Å². The van der Waals surface area contributed by atoms with Gasteiger partial charge in [-0.1, -0.05) is 44.7 Å². The molecular formula is C21H30INOS. The Hall–Kier alpha value is -0.620. The Bertz CT molecular complexity index is 736. The van der Waals surface area contributed by atoms with Crippen LogP contribution in [0.1, 0.15) is 45.2 Å². The van der Waals surface area contributed by atoms with E-state index in [2.05, 4.69) is 64.7 Å². The number of benzene rings is 1. The molecule has 0 aromatic heterocycles. The molecule has 1 aliphatic carbocycles.